The first-order valence-corrected chi connectivity index (χ1v) is 7.20. The summed E-state index contributed by atoms with van der Waals surface area (Å²) in [4.78, 5) is 28.5. The SMILES string of the molecule is CCCn1cncc1CN1CCC(C(=O)O)C(C(=O)O)C1. The van der Waals surface area contributed by atoms with Crippen molar-refractivity contribution in [2.75, 3.05) is 13.1 Å². The van der Waals surface area contributed by atoms with Gasteiger partial charge in [0.25, 0.3) is 0 Å². The van der Waals surface area contributed by atoms with Gasteiger partial charge in [-0.15, -0.1) is 0 Å². The number of aryl methyl sites for hydroxylation is 1. The van der Waals surface area contributed by atoms with Crippen LogP contribution in [0, 0.1) is 11.8 Å². The van der Waals surface area contributed by atoms with Crippen LogP contribution in [0.25, 0.3) is 0 Å². The lowest BCUT2D eigenvalue weighted by atomic mass is 9.85. The van der Waals surface area contributed by atoms with E-state index in [1.54, 1.807) is 12.5 Å². The number of piperidine rings is 1. The summed E-state index contributed by atoms with van der Waals surface area (Å²) in [5.74, 6) is -3.69. The van der Waals surface area contributed by atoms with Crippen molar-refractivity contribution in [3.8, 4) is 0 Å². The van der Waals surface area contributed by atoms with Crippen molar-refractivity contribution in [1.82, 2.24) is 14.5 Å². The van der Waals surface area contributed by atoms with Gasteiger partial charge in [0.05, 0.1) is 23.9 Å². The van der Waals surface area contributed by atoms with Crippen molar-refractivity contribution in [3.05, 3.63) is 18.2 Å². The summed E-state index contributed by atoms with van der Waals surface area (Å²) in [6.45, 7) is 4.43. The van der Waals surface area contributed by atoms with Crippen molar-refractivity contribution in [2.45, 2.75) is 32.9 Å². The number of carboxylic acid groups (broad SMARTS) is 2. The molecule has 7 nitrogen and oxygen atoms in total. The summed E-state index contributed by atoms with van der Waals surface area (Å²) < 4.78 is 2.05. The molecule has 7 heteroatoms. The van der Waals surface area contributed by atoms with Crippen LogP contribution in [0.3, 0.4) is 0 Å². The minimum Gasteiger partial charge on any atom is -0.481 e. The van der Waals surface area contributed by atoms with Gasteiger partial charge in [0.2, 0.25) is 0 Å². The van der Waals surface area contributed by atoms with Gasteiger partial charge in [0.15, 0.2) is 0 Å². The molecule has 1 aromatic rings. The Hall–Kier alpha value is -1.89. The van der Waals surface area contributed by atoms with Crippen LogP contribution < -0.4 is 0 Å². The monoisotopic (exact) mass is 295 g/mol. The number of aliphatic carboxylic acids is 2. The van der Waals surface area contributed by atoms with Gasteiger partial charge in [-0.3, -0.25) is 14.5 Å². The quantitative estimate of drug-likeness (QED) is 0.809. The van der Waals surface area contributed by atoms with Crippen LogP contribution >= 0.6 is 0 Å². The van der Waals surface area contributed by atoms with E-state index in [9.17, 15) is 14.7 Å². The van der Waals surface area contributed by atoms with Crippen molar-refractivity contribution >= 4 is 11.9 Å². The number of carboxylic acids is 2. The van der Waals surface area contributed by atoms with Gasteiger partial charge in [-0.2, -0.15) is 0 Å². The van der Waals surface area contributed by atoms with Crippen LogP contribution in [-0.2, 0) is 22.7 Å². The second kappa shape index (κ2) is 6.71. The minimum atomic E-state index is -1.03. The molecule has 1 fully saturated rings. The van der Waals surface area contributed by atoms with Crippen LogP contribution in [-0.4, -0.2) is 49.7 Å². The molecule has 116 valence electrons. The highest BCUT2D eigenvalue weighted by molar-refractivity contribution is 5.80. The first kappa shape index (κ1) is 15.5. The van der Waals surface area contributed by atoms with Gasteiger partial charge >= 0.3 is 11.9 Å². The van der Waals surface area contributed by atoms with Crippen molar-refractivity contribution < 1.29 is 19.8 Å². The highest BCUT2D eigenvalue weighted by Gasteiger charge is 2.38. The fourth-order valence-electron chi connectivity index (χ4n) is 2.86. The molecule has 2 unspecified atom stereocenters. The van der Waals surface area contributed by atoms with Crippen LogP contribution in [0.2, 0.25) is 0 Å². The summed E-state index contributed by atoms with van der Waals surface area (Å²) in [7, 11) is 0. The van der Waals surface area contributed by atoms with Crippen LogP contribution in [0.4, 0.5) is 0 Å². The Morgan fingerprint density at radius 1 is 1.33 bits per heavy atom. The number of hydrogen-bond donors (Lipinski definition) is 2. The molecule has 2 heterocycles. The van der Waals surface area contributed by atoms with Gasteiger partial charge in [0, 0.05) is 25.8 Å². The first-order chi connectivity index (χ1) is 10.0. The predicted octanol–water partition coefficient (Wildman–Crippen LogP) is 0.900. The molecule has 0 bridgehead atoms. The van der Waals surface area contributed by atoms with E-state index in [-0.39, 0.29) is 6.54 Å². The molecule has 0 radical (unpaired) electrons. The number of nitrogens with zero attached hydrogens (tertiary/aromatic N) is 3. The Balaban J connectivity index is 2.04. The van der Waals surface area contributed by atoms with E-state index < -0.39 is 23.8 Å². The molecular formula is C14H21N3O4. The lowest BCUT2D eigenvalue weighted by molar-refractivity contribution is -0.157. The molecule has 2 rings (SSSR count). The van der Waals surface area contributed by atoms with Gasteiger partial charge in [-0.1, -0.05) is 6.92 Å². The molecule has 2 N–H and O–H groups in total. The Labute approximate surface area is 123 Å². The van der Waals surface area contributed by atoms with E-state index in [0.717, 1.165) is 18.7 Å². The highest BCUT2D eigenvalue weighted by atomic mass is 16.4. The summed E-state index contributed by atoms with van der Waals surface area (Å²) >= 11 is 0. The molecule has 0 amide bonds. The highest BCUT2D eigenvalue weighted by Crippen LogP contribution is 2.25. The van der Waals surface area contributed by atoms with Crippen molar-refractivity contribution in [3.63, 3.8) is 0 Å². The maximum Gasteiger partial charge on any atom is 0.308 e. The average Bonchev–Trinajstić information content (AvgIpc) is 2.86. The molecule has 0 aliphatic carbocycles. The average molecular weight is 295 g/mol. The largest absolute Gasteiger partial charge is 0.481 e. The third kappa shape index (κ3) is 3.60. The van der Waals surface area contributed by atoms with E-state index in [2.05, 4.69) is 16.5 Å². The summed E-state index contributed by atoms with van der Waals surface area (Å²) in [6.07, 6.45) is 4.93. The van der Waals surface area contributed by atoms with E-state index in [4.69, 9.17) is 5.11 Å². The van der Waals surface area contributed by atoms with Crippen LogP contribution in [0.1, 0.15) is 25.5 Å². The van der Waals surface area contributed by atoms with Gasteiger partial charge in [-0.05, 0) is 19.4 Å². The fourth-order valence-corrected chi connectivity index (χ4v) is 2.86. The number of rotatable bonds is 6. The summed E-state index contributed by atoms with van der Waals surface area (Å²) in [5, 5.41) is 18.4. The van der Waals surface area contributed by atoms with Gasteiger partial charge < -0.3 is 14.8 Å². The Morgan fingerprint density at radius 2 is 2.05 bits per heavy atom. The molecule has 0 aromatic carbocycles. The normalized spacial score (nSPS) is 23.1. The molecule has 1 aliphatic rings. The molecule has 0 saturated carbocycles. The fraction of sp³-hybridized carbons (Fsp3) is 0.643. The second-order valence-electron chi connectivity index (χ2n) is 5.49. The summed E-state index contributed by atoms with van der Waals surface area (Å²) in [5.41, 5.74) is 1.04. The first-order valence-electron chi connectivity index (χ1n) is 7.20. The van der Waals surface area contributed by atoms with Gasteiger partial charge in [0.1, 0.15) is 0 Å². The maximum atomic E-state index is 11.3. The minimum absolute atomic E-state index is 0.267. The molecule has 1 aliphatic heterocycles. The smallest absolute Gasteiger partial charge is 0.308 e. The van der Waals surface area contributed by atoms with E-state index in [1.165, 1.54) is 0 Å². The van der Waals surface area contributed by atoms with E-state index in [0.29, 0.717) is 19.5 Å². The maximum absolute atomic E-state index is 11.3. The number of likely N-dealkylation sites (tertiary alicyclic amines) is 1. The number of imidazole rings is 1. The van der Waals surface area contributed by atoms with Crippen LogP contribution in [0.5, 0.6) is 0 Å². The summed E-state index contributed by atoms with van der Waals surface area (Å²) in [6, 6.07) is 0. The number of hydrogen-bond acceptors (Lipinski definition) is 4. The Kier molecular flexibility index (Phi) is 4.95. The number of aromatic nitrogens is 2. The van der Waals surface area contributed by atoms with E-state index in [1.807, 2.05) is 4.90 Å². The molecule has 1 saturated heterocycles. The van der Waals surface area contributed by atoms with Crippen LogP contribution in [0.15, 0.2) is 12.5 Å². The van der Waals surface area contributed by atoms with E-state index >= 15 is 0 Å². The third-order valence-electron chi connectivity index (χ3n) is 3.98. The topological polar surface area (TPSA) is 95.7 Å². The Bertz CT molecular complexity index is 514. The standard InChI is InChI=1S/C14H21N3O4/c1-2-4-17-9-15-6-10(17)7-16-5-3-11(13(18)19)12(8-16)14(20)21/h6,9,11-12H,2-5,7-8H2,1H3,(H,18,19)(H,20,21). The lowest BCUT2D eigenvalue weighted by Crippen LogP contribution is -2.46. The molecule has 0 spiro atoms. The predicted molar refractivity (Wildman–Crippen MR) is 74.7 cm³/mol. The zero-order valence-electron chi connectivity index (χ0n) is 12.1. The molecule has 21 heavy (non-hydrogen) atoms. The van der Waals surface area contributed by atoms with Crippen molar-refractivity contribution in [2.24, 2.45) is 11.8 Å². The second-order valence-corrected chi connectivity index (χ2v) is 5.49. The zero-order chi connectivity index (χ0) is 15.4. The lowest BCUT2D eigenvalue weighted by Gasteiger charge is -2.34. The molecular weight excluding hydrogens is 274 g/mol. The number of carbonyl (C=O) groups is 2. The van der Waals surface area contributed by atoms with Crippen molar-refractivity contribution in [1.29, 1.82) is 0 Å². The van der Waals surface area contributed by atoms with Gasteiger partial charge in [-0.25, -0.2) is 4.98 Å². The third-order valence-corrected chi connectivity index (χ3v) is 3.98. The Morgan fingerprint density at radius 3 is 2.67 bits per heavy atom. The molecule has 1 aromatic heterocycles. The molecule has 2 atom stereocenters. The zero-order valence-corrected chi connectivity index (χ0v) is 12.1.